The van der Waals surface area contributed by atoms with Crippen LogP contribution in [0.1, 0.15) is 31.1 Å². The van der Waals surface area contributed by atoms with Gasteiger partial charge in [0, 0.05) is 5.56 Å². The van der Waals surface area contributed by atoms with Gasteiger partial charge in [-0.2, -0.15) is 0 Å². The Bertz CT molecular complexity index is 436. The molecule has 0 atom stereocenters. The molecule has 0 fully saturated rings. The third-order valence-electron chi connectivity index (χ3n) is 2.00. The Labute approximate surface area is 92.0 Å². The van der Waals surface area contributed by atoms with Gasteiger partial charge in [-0.15, -0.1) is 0 Å². The smallest absolute Gasteiger partial charge is 0.338 e. The van der Waals surface area contributed by atoms with Crippen LogP contribution in [-0.2, 0) is 9.47 Å². The summed E-state index contributed by atoms with van der Waals surface area (Å²) in [6, 6.07) is 4.03. The predicted molar refractivity (Wildman–Crippen MR) is 54.5 cm³/mol. The van der Waals surface area contributed by atoms with E-state index in [4.69, 9.17) is 0 Å². The number of carbonyl (C=O) groups is 3. The normalized spacial score (nSPS) is 9.38. The van der Waals surface area contributed by atoms with Crippen LogP contribution in [0, 0.1) is 0 Å². The average molecular weight is 222 g/mol. The maximum absolute atomic E-state index is 11.2. The summed E-state index contributed by atoms with van der Waals surface area (Å²) < 4.78 is 8.98. The fourth-order valence-corrected chi connectivity index (χ4v) is 1.20. The third-order valence-corrected chi connectivity index (χ3v) is 2.00. The Morgan fingerprint density at radius 1 is 1.12 bits per heavy atom. The van der Waals surface area contributed by atoms with Gasteiger partial charge in [-0.25, -0.2) is 9.59 Å². The van der Waals surface area contributed by atoms with E-state index in [9.17, 15) is 14.4 Å². The molecule has 0 heterocycles. The first-order valence-electron chi connectivity index (χ1n) is 4.40. The molecule has 0 aliphatic heterocycles. The maximum atomic E-state index is 11.2. The molecule has 84 valence electrons. The molecule has 0 spiro atoms. The lowest BCUT2D eigenvalue weighted by Gasteiger charge is -2.04. The second-order valence-corrected chi connectivity index (χ2v) is 2.90. The van der Waals surface area contributed by atoms with Crippen molar-refractivity contribution in [3.63, 3.8) is 0 Å². The number of hydrogen-bond acceptors (Lipinski definition) is 5. The fourth-order valence-electron chi connectivity index (χ4n) is 1.20. The SMILES string of the molecule is COC(=O)c1ccc(C(=O)OC)c(C=O)c1. The van der Waals surface area contributed by atoms with Gasteiger partial charge in [0.15, 0.2) is 6.29 Å². The van der Waals surface area contributed by atoms with Crippen molar-refractivity contribution < 1.29 is 23.9 Å². The van der Waals surface area contributed by atoms with Gasteiger partial charge in [0.05, 0.1) is 25.3 Å². The summed E-state index contributed by atoms with van der Waals surface area (Å²) in [6.45, 7) is 0. The molecule has 0 saturated heterocycles. The molecule has 5 heteroatoms. The summed E-state index contributed by atoms with van der Waals surface area (Å²) in [5.74, 6) is -1.20. The molecule has 0 N–H and O–H groups in total. The number of rotatable bonds is 3. The van der Waals surface area contributed by atoms with Crippen LogP contribution in [0.3, 0.4) is 0 Å². The van der Waals surface area contributed by atoms with Gasteiger partial charge < -0.3 is 9.47 Å². The number of ether oxygens (including phenoxy) is 2. The van der Waals surface area contributed by atoms with Gasteiger partial charge in [0.1, 0.15) is 0 Å². The Hall–Kier alpha value is -2.17. The standard InChI is InChI=1S/C11H10O5/c1-15-10(13)7-3-4-9(11(14)16-2)8(5-7)6-12/h3-6H,1-2H3. The Kier molecular flexibility index (Phi) is 3.77. The van der Waals surface area contributed by atoms with Crippen molar-refractivity contribution in [2.45, 2.75) is 0 Å². The minimum atomic E-state index is -0.626. The third kappa shape index (κ3) is 2.25. The zero-order valence-corrected chi connectivity index (χ0v) is 8.85. The lowest BCUT2D eigenvalue weighted by Crippen LogP contribution is -2.08. The predicted octanol–water partition coefficient (Wildman–Crippen LogP) is 1.07. The highest BCUT2D eigenvalue weighted by Gasteiger charge is 2.14. The van der Waals surface area contributed by atoms with Crippen molar-refractivity contribution in [3.8, 4) is 0 Å². The largest absolute Gasteiger partial charge is 0.465 e. The zero-order valence-electron chi connectivity index (χ0n) is 8.85. The first kappa shape index (κ1) is 11.9. The minimum Gasteiger partial charge on any atom is -0.465 e. The van der Waals surface area contributed by atoms with E-state index in [1.54, 1.807) is 0 Å². The highest BCUT2D eigenvalue weighted by Crippen LogP contribution is 2.12. The van der Waals surface area contributed by atoms with Crippen LogP contribution in [0.25, 0.3) is 0 Å². The molecule has 0 radical (unpaired) electrons. The number of benzene rings is 1. The lowest BCUT2D eigenvalue weighted by atomic mass is 10.0. The Balaban J connectivity index is 3.21. The average Bonchev–Trinajstić information content (AvgIpc) is 2.35. The molecular formula is C11H10O5. The van der Waals surface area contributed by atoms with E-state index in [0.29, 0.717) is 6.29 Å². The summed E-state index contributed by atoms with van der Waals surface area (Å²) in [5, 5.41) is 0. The van der Waals surface area contributed by atoms with Crippen molar-refractivity contribution >= 4 is 18.2 Å². The molecule has 5 nitrogen and oxygen atoms in total. The minimum absolute atomic E-state index is 0.0924. The summed E-state index contributed by atoms with van der Waals surface area (Å²) in [5.41, 5.74) is 0.414. The van der Waals surface area contributed by atoms with E-state index in [1.165, 1.54) is 32.4 Å². The molecule has 0 saturated carbocycles. The summed E-state index contributed by atoms with van der Waals surface area (Å²) >= 11 is 0. The van der Waals surface area contributed by atoms with E-state index in [0.717, 1.165) is 0 Å². The topological polar surface area (TPSA) is 69.7 Å². The maximum Gasteiger partial charge on any atom is 0.338 e. The van der Waals surface area contributed by atoms with Crippen molar-refractivity contribution in [1.29, 1.82) is 0 Å². The molecule has 0 aliphatic rings. The number of carbonyl (C=O) groups excluding carboxylic acids is 3. The van der Waals surface area contributed by atoms with E-state index < -0.39 is 11.9 Å². The Morgan fingerprint density at radius 2 is 1.75 bits per heavy atom. The van der Waals surface area contributed by atoms with Crippen LogP contribution < -0.4 is 0 Å². The Morgan fingerprint density at radius 3 is 2.25 bits per heavy atom. The highest BCUT2D eigenvalue weighted by molar-refractivity contribution is 6.00. The van der Waals surface area contributed by atoms with E-state index >= 15 is 0 Å². The van der Waals surface area contributed by atoms with Crippen molar-refractivity contribution in [2.24, 2.45) is 0 Å². The molecule has 0 aliphatic carbocycles. The number of aldehydes is 1. The number of hydrogen-bond donors (Lipinski definition) is 0. The van der Waals surface area contributed by atoms with Crippen molar-refractivity contribution in [2.75, 3.05) is 14.2 Å². The van der Waals surface area contributed by atoms with Gasteiger partial charge in [-0.1, -0.05) is 0 Å². The van der Waals surface area contributed by atoms with Crippen LogP contribution in [0.4, 0.5) is 0 Å². The van der Waals surface area contributed by atoms with E-state index in [-0.39, 0.29) is 16.7 Å². The molecule has 1 aromatic rings. The first-order chi connectivity index (χ1) is 7.63. The van der Waals surface area contributed by atoms with E-state index in [2.05, 4.69) is 9.47 Å². The molecule has 1 aromatic carbocycles. The lowest BCUT2D eigenvalue weighted by molar-refractivity contribution is 0.0585. The zero-order chi connectivity index (χ0) is 12.1. The van der Waals surface area contributed by atoms with E-state index in [1.807, 2.05) is 0 Å². The van der Waals surface area contributed by atoms with Gasteiger partial charge >= 0.3 is 11.9 Å². The number of esters is 2. The fraction of sp³-hybridized carbons (Fsp3) is 0.182. The monoisotopic (exact) mass is 222 g/mol. The second kappa shape index (κ2) is 5.06. The summed E-state index contributed by atoms with van der Waals surface area (Å²) in [7, 11) is 2.45. The second-order valence-electron chi connectivity index (χ2n) is 2.90. The molecule has 16 heavy (non-hydrogen) atoms. The quantitative estimate of drug-likeness (QED) is 0.565. The first-order valence-corrected chi connectivity index (χ1v) is 4.40. The molecular weight excluding hydrogens is 212 g/mol. The van der Waals surface area contributed by atoms with Gasteiger partial charge in [-0.05, 0) is 18.2 Å². The summed E-state index contributed by atoms with van der Waals surface area (Å²) in [4.78, 5) is 33.2. The summed E-state index contributed by atoms with van der Waals surface area (Å²) in [6.07, 6.45) is 0.485. The van der Waals surface area contributed by atoms with Crippen LogP contribution in [0.15, 0.2) is 18.2 Å². The van der Waals surface area contributed by atoms with Gasteiger partial charge in [0.2, 0.25) is 0 Å². The molecule has 0 amide bonds. The van der Waals surface area contributed by atoms with Crippen LogP contribution in [-0.4, -0.2) is 32.4 Å². The van der Waals surface area contributed by atoms with Gasteiger partial charge in [-0.3, -0.25) is 4.79 Å². The molecule has 0 unspecified atom stereocenters. The molecule has 1 rings (SSSR count). The van der Waals surface area contributed by atoms with Crippen molar-refractivity contribution in [1.82, 2.24) is 0 Å². The highest BCUT2D eigenvalue weighted by atomic mass is 16.5. The number of methoxy groups -OCH3 is 2. The molecule has 0 aromatic heterocycles. The molecule has 0 bridgehead atoms. The van der Waals surface area contributed by atoms with Crippen LogP contribution >= 0.6 is 0 Å². The van der Waals surface area contributed by atoms with Gasteiger partial charge in [0.25, 0.3) is 0 Å². The van der Waals surface area contributed by atoms with Crippen LogP contribution in [0.2, 0.25) is 0 Å². The van der Waals surface area contributed by atoms with Crippen LogP contribution in [0.5, 0.6) is 0 Å². The van der Waals surface area contributed by atoms with Crippen molar-refractivity contribution in [3.05, 3.63) is 34.9 Å².